The first kappa shape index (κ1) is 34.0. The molecule has 248 valence electrons. The maximum atomic E-state index is 14.3. The van der Waals surface area contributed by atoms with Gasteiger partial charge in [-0.1, -0.05) is 57.2 Å². The van der Waals surface area contributed by atoms with Crippen LogP contribution >= 0.6 is 19.5 Å². The lowest BCUT2D eigenvalue weighted by Gasteiger charge is -2.27. The van der Waals surface area contributed by atoms with Crippen LogP contribution in [0.3, 0.4) is 0 Å². The predicted molar refractivity (Wildman–Crippen MR) is 173 cm³/mol. The smallest absolute Gasteiger partial charge is 0.459 e. The fourth-order valence-electron chi connectivity index (χ4n) is 4.97. The molecular formula is C30H39N6O8PS. The van der Waals surface area contributed by atoms with Gasteiger partial charge in [0.25, 0.3) is 0 Å². The zero-order chi connectivity index (χ0) is 33.4. The number of imidazole rings is 1. The Kier molecular flexibility index (Phi) is 9.67. The average Bonchev–Trinajstić information content (AvgIpc) is 3.51. The monoisotopic (exact) mass is 674 g/mol. The first-order chi connectivity index (χ1) is 21.6. The van der Waals surface area contributed by atoms with Crippen LogP contribution in [-0.2, 0) is 23.4 Å². The number of nitrogens with one attached hydrogen (secondary N) is 1. The molecule has 46 heavy (non-hydrogen) atoms. The Bertz CT molecular complexity index is 1770. The molecule has 5 rings (SSSR count). The second-order valence-corrected chi connectivity index (χ2v) is 15.0. The molecule has 1 fully saturated rings. The summed E-state index contributed by atoms with van der Waals surface area (Å²) in [6.45, 7) is 8.28. The number of nitrogens with zero attached hydrogens (tertiary/aromatic N) is 4. The third-order valence-corrected chi connectivity index (χ3v) is 9.64. The Labute approximate surface area is 270 Å². The van der Waals surface area contributed by atoms with Crippen molar-refractivity contribution in [1.29, 1.82) is 0 Å². The van der Waals surface area contributed by atoms with Gasteiger partial charge in [-0.2, -0.15) is 10.1 Å². The molecule has 1 aliphatic heterocycles. The number of thioether (sulfide) groups is 1. The minimum absolute atomic E-state index is 0.00409. The number of hydrogen-bond donors (Lipinski definition) is 4. The summed E-state index contributed by atoms with van der Waals surface area (Å²) in [5.41, 5.74) is 4.50. The van der Waals surface area contributed by atoms with E-state index in [1.807, 2.05) is 51.3 Å². The summed E-state index contributed by atoms with van der Waals surface area (Å²) in [4.78, 5) is 25.7. The number of carbonyl (C=O) groups excluding carboxylic acids is 1. The standard InChI is InChI=1S/C30H39N6O8PS/c1-17(26(38)41-15-29(2,3)4)35-45(40,44-20-13-9-11-18-10-7-8-12-19(18)20)42-14-21-23(37)30(5,39)27(43-21)36-16-32-22-24(36)33-28(31)34-25(22)46-6/h7-13,16-17,21,23,27,37,39H,14-15H2,1-6H3,(H,35,40)(H2,31,33,34)/t17-,21+,23+,27?,30+,45?/m0/s1. The number of nitrogens with two attached hydrogens (primary N) is 1. The molecule has 1 aliphatic rings. The van der Waals surface area contributed by atoms with Crippen molar-refractivity contribution in [1.82, 2.24) is 24.6 Å². The minimum atomic E-state index is -4.36. The van der Waals surface area contributed by atoms with Crippen LogP contribution in [0.2, 0.25) is 0 Å². The van der Waals surface area contributed by atoms with Gasteiger partial charge in [0.1, 0.15) is 40.1 Å². The van der Waals surface area contributed by atoms with Crippen molar-refractivity contribution in [2.24, 2.45) is 5.41 Å². The normalized spacial score (nSPS) is 23.8. The number of aliphatic hydroxyl groups excluding tert-OH is 1. The highest BCUT2D eigenvalue weighted by Crippen LogP contribution is 2.48. The number of fused-ring (bicyclic) bond motifs is 2. The maximum absolute atomic E-state index is 14.3. The second kappa shape index (κ2) is 13.1. The van der Waals surface area contributed by atoms with Crippen LogP contribution in [0.25, 0.3) is 21.9 Å². The Morgan fingerprint density at radius 2 is 1.96 bits per heavy atom. The molecule has 0 saturated carbocycles. The van der Waals surface area contributed by atoms with Crippen LogP contribution in [0, 0.1) is 5.41 Å². The summed E-state index contributed by atoms with van der Waals surface area (Å²) in [5.74, 6) is -0.406. The molecule has 0 radical (unpaired) electrons. The lowest BCUT2D eigenvalue weighted by atomic mass is 9.96. The van der Waals surface area contributed by atoms with Crippen molar-refractivity contribution < 1.29 is 38.1 Å². The summed E-state index contributed by atoms with van der Waals surface area (Å²) >= 11 is 1.33. The van der Waals surface area contributed by atoms with E-state index in [-0.39, 0.29) is 23.7 Å². The number of aromatic nitrogens is 4. The Morgan fingerprint density at radius 3 is 2.67 bits per heavy atom. The molecule has 2 aromatic carbocycles. The van der Waals surface area contributed by atoms with E-state index in [9.17, 15) is 19.6 Å². The number of aliphatic hydroxyl groups is 2. The minimum Gasteiger partial charge on any atom is -0.464 e. The molecule has 5 N–H and O–H groups in total. The van der Waals surface area contributed by atoms with Crippen molar-refractivity contribution in [2.75, 3.05) is 25.2 Å². The lowest BCUT2D eigenvalue weighted by molar-refractivity contribution is -0.148. The number of anilines is 1. The van der Waals surface area contributed by atoms with Crippen LogP contribution in [0.5, 0.6) is 5.75 Å². The van der Waals surface area contributed by atoms with E-state index >= 15 is 0 Å². The molecule has 0 amide bonds. The highest BCUT2D eigenvalue weighted by molar-refractivity contribution is 7.98. The largest absolute Gasteiger partial charge is 0.464 e. The Balaban J connectivity index is 1.40. The van der Waals surface area contributed by atoms with Crippen molar-refractivity contribution in [3.05, 3.63) is 48.8 Å². The van der Waals surface area contributed by atoms with Crippen LogP contribution in [0.15, 0.2) is 53.8 Å². The zero-order valence-electron chi connectivity index (χ0n) is 26.4. The Hall–Kier alpha value is -3.30. The van der Waals surface area contributed by atoms with Crippen LogP contribution in [0.4, 0.5) is 5.95 Å². The second-order valence-electron chi connectivity index (χ2n) is 12.5. The van der Waals surface area contributed by atoms with Gasteiger partial charge in [-0.25, -0.2) is 14.5 Å². The maximum Gasteiger partial charge on any atom is 0.459 e. The molecule has 3 heterocycles. The van der Waals surface area contributed by atoms with E-state index in [1.54, 1.807) is 18.2 Å². The van der Waals surface area contributed by atoms with E-state index < -0.39 is 50.4 Å². The number of ether oxygens (including phenoxy) is 2. The topological polar surface area (TPSA) is 193 Å². The average molecular weight is 675 g/mol. The van der Waals surface area contributed by atoms with Gasteiger partial charge < -0.3 is 29.9 Å². The number of esters is 1. The lowest BCUT2D eigenvalue weighted by Crippen LogP contribution is -2.44. The molecule has 0 aliphatic carbocycles. The third kappa shape index (κ3) is 7.15. The number of rotatable bonds is 11. The molecule has 1 saturated heterocycles. The third-order valence-electron chi connectivity index (χ3n) is 7.34. The highest BCUT2D eigenvalue weighted by Gasteiger charge is 2.54. The number of benzene rings is 2. The molecule has 6 atom stereocenters. The van der Waals surface area contributed by atoms with E-state index in [4.69, 9.17) is 24.3 Å². The molecular weight excluding hydrogens is 635 g/mol. The quantitative estimate of drug-likeness (QED) is 0.0770. The van der Waals surface area contributed by atoms with Gasteiger partial charge >= 0.3 is 13.7 Å². The predicted octanol–water partition coefficient (Wildman–Crippen LogP) is 4.06. The molecule has 4 aromatic rings. The van der Waals surface area contributed by atoms with Crippen LogP contribution < -0.4 is 15.3 Å². The van der Waals surface area contributed by atoms with Gasteiger partial charge in [0.15, 0.2) is 11.9 Å². The van der Waals surface area contributed by atoms with Gasteiger partial charge in [-0.15, -0.1) is 11.8 Å². The van der Waals surface area contributed by atoms with E-state index in [0.29, 0.717) is 21.6 Å². The number of nitrogen functional groups attached to an aromatic ring is 1. The van der Waals surface area contributed by atoms with E-state index in [2.05, 4.69) is 20.0 Å². The van der Waals surface area contributed by atoms with Gasteiger partial charge in [0, 0.05) is 5.39 Å². The van der Waals surface area contributed by atoms with Crippen LogP contribution in [-0.4, -0.2) is 79.0 Å². The summed E-state index contributed by atoms with van der Waals surface area (Å²) in [6.07, 6.45) is -0.644. The molecule has 16 heteroatoms. The molecule has 2 aromatic heterocycles. The fourth-order valence-corrected chi connectivity index (χ4v) is 7.01. The summed E-state index contributed by atoms with van der Waals surface area (Å²) in [7, 11) is -4.36. The van der Waals surface area contributed by atoms with Gasteiger partial charge in [-0.05, 0) is 37.0 Å². The molecule has 14 nitrogen and oxygen atoms in total. The molecule has 2 unspecified atom stereocenters. The molecule has 0 bridgehead atoms. The molecule has 0 spiro atoms. The fraction of sp³-hybridized carbons (Fsp3) is 0.467. The van der Waals surface area contributed by atoms with Crippen molar-refractivity contribution in [3.63, 3.8) is 0 Å². The van der Waals surface area contributed by atoms with Gasteiger partial charge in [-0.3, -0.25) is 13.9 Å². The first-order valence-corrected chi connectivity index (χ1v) is 17.3. The van der Waals surface area contributed by atoms with Crippen molar-refractivity contribution in [2.45, 2.75) is 69.7 Å². The van der Waals surface area contributed by atoms with Crippen molar-refractivity contribution in [3.8, 4) is 5.75 Å². The first-order valence-electron chi connectivity index (χ1n) is 14.6. The number of hydrogen-bond acceptors (Lipinski definition) is 13. The summed E-state index contributed by atoms with van der Waals surface area (Å²) in [6, 6.07) is 11.5. The summed E-state index contributed by atoms with van der Waals surface area (Å²) < 4.78 is 39.1. The van der Waals surface area contributed by atoms with Gasteiger partial charge in [0.2, 0.25) is 5.95 Å². The number of carbonyl (C=O) groups is 1. The highest BCUT2D eigenvalue weighted by atomic mass is 32.2. The summed E-state index contributed by atoms with van der Waals surface area (Å²) in [5, 5.41) is 27.3. The van der Waals surface area contributed by atoms with E-state index in [1.165, 1.54) is 36.5 Å². The van der Waals surface area contributed by atoms with E-state index in [0.717, 1.165) is 5.39 Å². The van der Waals surface area contributed by atoms with Gasteiger partial charge in [0.05, 0.1) is 19.5 Å². The zero-order valence-corrected chi connectivity index (χ0v) is 28.1. The van der Waals surface area contributed by atoms with Crippen molar-refractivity contribution >= 4 is 53.4 Å². The Morgan fingerprint density at radius 1 is 1.24 bits per heavy atom. The SMILES string of the molecule is CSc1nc(N)nc2c1ncn2C1O[C@H](COP(=O)(N[C@@H](C)C(=O)OCC(C)(C)C)Oc2cccc3ccccc23)[C@@H](O)[C@@]1(C)O. The van der Waals surface area contributed by atoms with Crippen LogP contribution in [0.1, 0.15) is 40.8 Å².